The third-order valence-corrected chi connectivity index (χ3v) is 6.90. The van der Waals surface area contributed by atoms with E-state index in [4.69, 9.17) is 9.29 Å². The van der Waals surface area contributed by atoms with Gasteiger partial charge < -0.3 is 16.1 Å². The van der Waals surface area contributed by atoms with Crippen LogP contribution in [0, 0.1) is 10.1 Å². The van der Waals surface area contributed by atoms with Gasteiger partial charge >= 0.3 is 35.5 Å². The van der Waals surface area contributed by atoms with Crippen molar-refractivity contribution in [1.82, 2.24) is 5.06 Å². The molecule has 15 heteroatoms. The second-order valence-corrected chi connectivity index (χ2v) is 10.3. The van der Waals surface area contributed by atoms with Crippen molar-refractivity contribution in [2.75, 3.05) is 6.61 Å². The Balaban J connectivity index is 0.00000722. The molecule has 1 aliphatic heterocycles. The molecule has 38 heavy (non-hydrogen) atoms. The van der Waals surface area contributed by atoms with E-state index in [1.54, 1.807) is 12.1 Å². The van der Waals surface area contributed by atoms with Crippen molar-refractivity contribution in [2.24, 2.45) is 0 Å². The van der Waals surface area contributed by atoms with E-state index in [9.17, 15) is 38.0 Å². The Kier molecular flexibility index (Phi) is 15.2. The number of aliphatic hydroxyl groups excluding tert-OH is 1. The van der Waals surface area contributed by atoms with Gasteiger partial charge in [0.1, 0.15) is 0 Å². The molecule has 0 aliphatic carbocycles. The first-order valence-corrected chi connectivity index (χ1v) is 13.5. The van der Waals surface area contributed by atoms with Crippen LogP contribution >= 0.6 is 0 Å². The van der Waals surface area contributed by atoms with Gasteiger partial charge in [-0.15, -0.1) is 5.06 Å². The first-order chi connectivity index (χ1) is 17.5. The third-order valence-electron chi connectivity index (χ3n) is 5.81. The SMILES string of the molecule is O=C(CCCCCCCCCCOCc1ccc([N+](=O)[O-])c(CO)c1)ON1C(=O)CC(S(=O)(=O)O)C1=O.[H-].[Na+]. The minimum Gasteiger partial charge on any atom is -1.00 e. The van der Waals surface area contributed by atoms with Gasteiger partial charge in [0.2, 0.25) is 0 Å². The summed E-state index contributed by atoms with van der Waals surface area (Å²) >= 11 is 0. The number of nitro benzene ring substituents is 1. The Morgan fingerprint density at radius 3 is 2.26 bits per heavy atom. The van der Waals surface area contributed by atoms with Crippen molar-refractivity contribution in [1.29, 1.82) is 0 Å². The summed E-state index contributed by atoms with van der Waals surface area (Å²) in [5.41, 5.74) is 0.908. The van der Waals surface area contributed by atoms with Gasteiger partial charge in [0.15, 0.2) is 5.25 Å². The summed E-state index contributed by atoms with van der Waals surface area (Å²) in [4.78, 5) is 50.4. The molecule has 0 bridgehead atoms. The average molecular weight is 569 g/mol. The molecule has 1 aromatic carbocycles. The zero-order valence-electron chi connectivity index (χ0n) is 22.4. The smallest absolute Gasteiger partial charge is 1.00 e. The Bertz CT molecular complexity index is 1090. The molecule has 13 nitrogen and oxygen atoms in total. The van der Waals surface area contributed by atoms with Crippen LogP contribution in [0.4, 0.5) is 5.69 Å². The van der Waals surface area contributed by atoms with E-state index in [-0.39, 0.29) is 53.7 Å². The van der Waals surface area contributed by atoms with Crippen LogP contribution in [0.5, 0.6) is 0 Å². The standard InChI is InChI=1S/C23H32N2O11S.Na.H/c26-15-18-13-17(10-11-19(18)25(30)31)16-35-12-8-6-4-2-1-3-5-7-9-22(28)36-24-21(27)14-20(23(24)29)37(32,33)34;;/h10-11,13,20,26H,1-9,12,14-16H2,(H,32,33,34);;/q;+1;-1. The van der Waals surface area contributed by atoms with E-state index >= 15 is 0 Å². The van der Waals surface area contributed by atoms with Crippen LogP contribution in [-0.4, -0.2) is 57.7 Å². The van der Waals surface area contributed by atoms with Crippen molar-refractivity contribution in [3.05, 3.63) is 39.4 Å². The maximum absolute atomic E-state index is 11.8. The number of hydrogen-bond donors (Lipinski definition) is 2. The molecule has 1 aromatic rings. The number of amides is 2. The Hall–Kier alpha value is -1.94. The van der Waals surface area contributed by atoms with Crippen molar-refractivity contribution in [3.63, 3.8) is 0 Å². The van der Waals surface area contributed by atoms with E-state index in [2.05, 4.69) is 4.84 Å². The molecule has 208 valence electrons. The molecule has 1 heterocycles. The summed E-state index contributed by atoms with van der Waals surface area (Å²) in [7, 11) is -4.75. The number of unbranched alkanes of at least 4 members (excludes halogenated alkanes) is 7. The van der Waals surface area contributed by atoms with Crippen molar-refractivity contribution in [2.45, 2.75) is 82.7 Å². The summed E-state index contributed by atoms with van der Waals surface area (Å²) < 4.78 is 36.7. The molecule has 1 atom stereocenters. The number of hydroxylamine groups is 2. The topological polar surface area (TPSA) is 191 Å². The number of aliphatic hydroxyl groups is 1. The Labute approximate surface area is 244 Å². The van der Waals surface area contributed by atoms with Crippen LogP contribution in [0.15, 0.2) is 18.2 Å². The zero-order valence-corrected chi connectivity index (χ0v) is 24.2. The number of imide groups is 1. The minimum atomic E-state index is -4.75. The van der Waals surface area contributed by atoms with E-state index in [0.717, 1.165) is 50.5 Å². The molecule has 1 saturated heterocycles. The van der Waals surface area contributed by atoms with Gasteiger partial charge in [-0.1, -0.05) is 38.5 Å². The molecule has 1 aliphatic rings. The number of benzene rings is 1. The van der Waals surface area contributed by atoms with Gasteiger partial charge in [0, 0.05) is 19.1 Å². The number of rotatable bonds is 17. The zero-order chi connectivity index (χ0) is 27.4. The summed E-state index contributed by atoms with van der Waals surface area (Å²) in [6.07, 6.45) is 6.21. The Morgan fingerprint density at radius 2 is 1.71 bits per heavy atom. The molecule has 0 radical (unpaired) electrons. The van der Waals surface area contributed by atoms with Crippen LogP contribution in [0.3, 0.4) is 0 Å². The molecule has 0 aromatic heterocycles. The van der Waals surface area contributed by atoms with Gasteiger partial charge in [-0.3, -0.25) is 24.3 Å². The first kappa shape index (κ1) is 34.1. The monoisotopic (exact) mass is 568 g/mol. The minimum absolute atomic E-state index is 0. The molecule has 0 spiro atoms. The fraction of sp³-hybridized carbons (Fsp3) is 0.609. The van der Waals surface area contributed by atoms with Crippen molar-refractivity contribution < 1.29 is 77.9 Å². The molecular weight excluding hydrogens is 535 g/mol. The quantitative estimate of drug-likeness (QED) is 0.0627. The number of carbonyl (C=O) groups is 3. The van der Waals surface area contributed by atoms with Crippen LogP contribution in [0.25, 0.3) is 0 Å². The second kappa shape index (κ2) is 16.9. The number of nitro groups is 1. The van der Waals surface area contributed by atoms with Crippen LogP contribution in [0.2, 0.25) is 0 Å². The maximum Gasteiger partial charge on any atom is 1.00 e. The van der Waals surface area contributed by atoms with Gasteiger partial charge in [-0.05, 0) is 30.5 Å². The van der Waals surface area contributed by atoms with Gasteiger partial charge in [-0.2, -0.15) is 8.42 Å². The molecule has 2 rings (SSSR count). The predicted octanol–water partition coefficient (Wildman–Crippen LogP) is -0.295. The van der Waals surface area contributed by atoms with Gasteiger partial charge in [-0.25, -0.2) is 4.79 Å². The Morgan fingerprint density at radius 1 is 1.11 bits per heavy atom. The number of nitrogens with zero attached hydrogens (tertiary/aromatic N) is 2. The first-order valence-electron chi connectivity index (χ1n) is 12.0. The average Bonchev–Trinajstić information content (AvgIpc) is 3.13. The summed E-state index contributed by atoms with van der Waals surface area (Å²) in [5, 5.41) is 18.3. The van der Waals surface area contributed by atoms with Crippen molar-refractivity contribution in [3.8, 4) is 0 Å². The molecule has 1 fully saturated rings. The fourth-order valence-corrected chi connectivity index (χ4v) is 4.52. The second-order valence-electron chi connectivity index (χ2n) is 8.71. The molecular formula is C23H33N2NaO11S. The van der Waals surface area contributed by atoms with Crippen LogP contribution in [0.1, 0.15) is 76.8 Å². The predicted molar refractivity (Wildman–Crippen MR) is 129 cm³/mol. The van der Waals surface area contributed by atoms with Crippen LogP contribution in [-0.2, 0) is 47.3 Å². The largest absolute Gasteiger partial charge is 1.00 e. The van der Waals surface area contributed by atoms with Crippen LogP contribution < -0.4 is 29.6 Å². The number of carbonyl (C=O) groups excluding carboxylic acids is 3. The summed E-state index contributed by atoms with van der Waals surface area (Å²) in [6, 6.07) is 4.55. The molecule has 0 saturated carbocycles. The third kappa shape index (κ3) is 11.0. The van der Waals surface area contributed by atoms with Crippen molar-refractivity contribution >= 4 is 33.6 Å². The van der Waals surface area contributed by atoms with E-state index in [0.29, 0.717) is 19.6 Å². The number of hydrogen-bond acceptors (Lipinski definition) is 10. The number of ether oxygens (including phenoxy) is 1. The van der Waals surface area contributed by atoms with E-state index in [1.807, 2.05) is 0 Å². The fourth-order valence-electron chi connectivity index (χ4n) is 3.82. The molecule has 2 N–H and O–H groups in total. The normalized spacial score (nSPS) is 15.4. The summed E-state index contributed by atoms with van der Waals surface area (Å²) in [5.74, 6) is -3.08. The van der Waals surface area contributed by atoms with Gasteiger partial charge in [0.25, 0.3) is 27.6 Å². The van der Waals surface area contributed by atoms with Gasteiger partial charge in [0.05, 0.1) is 30.1 Å². The molecule has 2 amide bonds. The summed E-state index contributed by atoms with van der Waals surface area (Å²) in [6.45, 7) is 0.462. The van der Waals surface area contributed by atoms with E-state index in [1.165, 1.54) is 6.07 Å². The maximum atomic E-state index is 11.8. The molecule has 1 unspecified atom stereocenters. The van der Waals surface area contributed by atoms with E-state index < -0.39 is 51.1 Å².